The lowest BCUT2D eigenvalue weighted by atomic mass is 9.90. The number of anilines is 2. The largest absolute Gasteiger partial charge is 0.456 e. The molecule has 6 aromatic carbocycles. The molecule has 2 atom stereocenters. The van der Waals surface area contributed by atoms with E-state index in [0.717, 1.165) is 44.3 Å². The molecule has 8 aromatic rings. The second kappa shape index (κ2) is 10.6. The lowest BCUT2D eigenvalue weighted by Crippen LogP contribution is -2.28. The first-order valence-electron chi connectivity index (χ1n) is 16.3. The molecule has 0 saturated carbocycles. The van der Waals surface area contributed by atoms with Crippen LogP contribution in [0.4, 0.5) is 11.4 Å². The summed E-state index contributed by atoms with van der Waals surface area (Å²) in [5.74, 6) is 2.14. The van der Waals surface area contributed by atoms with Gasteiger partial charge in [0.25, 0.3) is 0 Å². The van der Waals surface area contributed by atoms with Crippen LogP contribution >= 0.6 is 0 Å². The van der Waals surface area contributed by atoms with Crippen LogP contribution in [0.5, 0.6) is 0 Å². The zero-order valence-electron chi connectivity index (χ0n) is 25.9. The lowest BCUT2D eigenvalue weighted by Gasteiger charge is -2.29. The molecule has 2 aromatic heterocycles. The Labute approximate surface area is 277 Å². The molecule has 0 bridgehead atoms. The van der Waals surface area contributed by atoms with Crippen LogP contribution in [0, 0.1) is 0 Å². The average Bonchev–Trinajstić information content (AvgIpc) is 3.69. The van der Waals surface area contributed by atoms with Gasteiger partial charge in [-0.2, -0.15) is 0 Å². The molecule has 10 rings (SSSR count). The van der Waals surface area contributed by atoms with E-state index >= 15 is 0 Å². The van der Waals surface area contributed by atoms with E-state index in [1.807, 2.05) is 60.7 Å². The van der Waals surface area contributed by atoms with Crippen molar-refractivity contribution in [2.45, 2.75) is 12.0 Å². The van der Waals surface area contributed by atoms with Crippen molar-refractivity contribution in [1.29, 1.82) is 0 Å². The highest BCUT2D eigenvalue weighted by Gasteiger charge is 2.37. The molecule has 226 valence electrons. The van der Waals surface area contributed by atoms with Crippen LogP contribution in [-0.4, -0.2) is 21.0 Å². The molecule has 0 saturated heterocycles. The van der Waals surface area contributed by atoms with E-state index in [0.29, 0.717) is 17.5 Å². The van der Waals surface area contributed by atoms with Crippen LogP contribution in [0.1, 0.15) is 11.5 Å². The second-order valence-electron chi connectivity index (χ2n) is 12.4. The summed E-state index contributed by atoms with van der Waals surface area (Å²) in [4.78, 5) is 17.8. The summed E-state index contributed by atoms with van der Waals surface area (Å²) < 4.78 is 6.23. The molecule has 1 aliphatic heterocycles. The highest BCUT2D eigenvalue weighted by atomic mass is 16.3. The summed E-state index contributed by atoms with van der Waals surface area (Å²) in [5.41, 5.74) is 8.11. The minimum atomic E-state index is 0.179. The molecule has 0 amide bonds. The van der Waals surface area contributed by atoms with Crippen molar-refractivity contribution in [1.82, 2.24) is 15.0 Å². The number of rotatable bonds is 4. The Balaban J connectivity index is 1.16. The van der Waals surface area contributed by atoms with Gasteiger partial charge in [0, 0.05) is 44.8 Å². The predicted octanol–water partition coefficient (Wildman–Crippen LogP) is 10.7. The molecular weight excluding hydrogens is 589 g/mol. The third kappa shape index (κ3) is 4.21. The first kappa shape index (κ1) is 26.8. The average molecular weight is 617 g/mol. The molecule has 48 heavy (non-hydrogen) atoms. The van der Waals surface area contributed by atoms with E-state index in [4.69, 9.17) is 19.4 Å². The van der Waals surface area contributed by atoms with Crippen LogP contribution in [-0.2, 0) is 0 Å². The van der Waals surface area contributed by atoms with Gasteiger partial charge >= 0.3 is 0 Å². The number of hydrogen-bond acceptors (Lipinski definition) is 5. The standard InChI is InChI=1S/C43H28N4O/c1-2-12-27(13-3-1)41-44-42(46-43(45-41)34-20-11-23-39-40(34)33-19-7-9-22-38(33)48-39)30-16-10-17-31(24-30)47-36-21-8-6-18-32(36)35-25-28-14-4-5-15-29(28)26-37(35)47/h1-26,32,36H. The van der Waals surface area contributed by atoms with Crippen LogP contribution < -0.4 is 4.90 Å². The number of para-hydroxylation sites is 1. The number of aromatic nitrogens is 3. The fourth-order valence-electron chi connectivity index (χ4n) is 7.42. The van der Waals surface area contributed by atoms with E-state index in [2.05, 4.69) is 102 Å². The van der Waals surface area contributed by atoms with Crippen molar-refractivity contribution in [2.24, 2.45) is 0 Å². The molecule has 5 nitrogen and oxygen atoms in total. The molecule has 0 spiro atoms. The Kier molecular flexibility index (Phi) is 5.93. The quantitative estimate of drug-likeness (QED) is 0.197. The van der Waals surface area contributed by atoms with Crippen LogP contribution in [0.25, 0.3) is 66.9 Å². The van der Waals surface area contributed by atoms with Crippen molar-refractivity contribution in [2.75, 3.05) is 4.90 Å². The summed E-state index contributed by atoms with van der Waals surface area (Å²) in [6.45, 7) is 0. The summed E-state index contributed by atoms with van der Waals surface area (Å²) in [5, 5.41) is 4.54. The van der Waals surface area contributed by atoms with E-state index < -0.39 is 0 Å². The zero-order valence-corrected chi connectivity index (χ0v) is 25.9. The number of allylic oxidation sites excluding steroid dienone is 2. The number of benzene rings is 6. The summed E-state index contributed by atoms with van der Waals surface area (Å²) in [6, 6.07) is 46.4. The van der Waals surface area contributed by atoms with E-state index in [-0.39, 0.29) is 12.0 Å². The Hall–Kier alpha value is -6.33. The van der Waals surface area contributed by atoms with Gasteiger partial charge in [-0.25, -0.2) is 15.0 Å². The summed E-state index contributed by atoms with van der Waals surface area (Å²) in [7, 11) is 0. The van der Waals surface area contributed by atoms with Crippen molar-refractivity contribution >= 4 is 44.1 Å². The topological polar surface area (TPSA) is 55.1 Å². The SMILES string of the molecule is C1=CC2c3cc4ccccc4cc3N(c3cccc(-c4nc(-c5ccccc5)nc(-c5cccc6oc7ccccc7c56)n4)c3)C2C=C1. The van der Waals surface area contributed by atoms with Gasteiger partial charge in [0.1, 0.15) is 11.2 Å². The maximum Gasteiger partial charge on any atom is 0.164 e. The highest BCUT2D eigenvalue weighted by molar-refractivity contribution is 6.11. The van der Waals surface area contributed by atoms with Gasteiger partial charge in [-0.05, 0) is 52.7 Å². The Bertz CT molecular complexity index is 2600. The molecule has 5 heteroatoms. The first-order chi connectivity index (χ1) is 23.8. The zero-order chi connectivity index (χ0) is 31.6. The van der Waals surface area contributed by atoms with E-state index in [9.17, 15) is 0 Å². The predicted molar refractivity (Wildman–Crippen MR) is 194 cm³/mol. The Morgan fingerprint density at radius 2 is 1.23 bits per heavy atom. The maximum atomic E-state index is 6.23. The second-order valence-corrected chi connectivity index (χ2v) is 12.4. The van der Waals surface area contributed by atoms with Gasteiger partial charge in [-0.15, -0.1) is 0 Å². The summed E-state index contributed by atoms with van der Waals surface area (Å²) in [6.07, 6.45) is 8.97. The molecule has 2 unspecified atom stereocenters. The lowest BCUT2D eigenvalue weighted by molar-refractivity contribution is 0.669. The fourth-order valence-corrected chi connectivity index (χ4v) is 7.42. The van der Waals surface area contributed by atoms with Gasteiger partial charge in [0.15, 0.2) is 17.5 Å². The molecule has 2 aliphatic rings. The Morgan fingerprint density at radius 1 is 0.542 bits per heavy atom. The van der Waals surface area contributed by atoms with Gasteiger partial charge in [0.2, 0.25) is 0 Å². The van der Waals surface area contributed by atoms with Gasteiger partial charge in [-0.1, -0.05) is 121 Å². The first-order valence-corrected chi connectivity index (χ1v) is 16.3. The maximum absolute atomic E-state index is 6.23. The van der Waals surface area contributed by atoms with Crippen LogP contribution in [0.15, 0.2) is 162 Å². The minimum absolute atomic E-state index is 0.179. The Morgan fingerprint density at radius 3 is 2.12 bits per heavy atom. The third-order valence-electron chi connectivity index (χ3n) is 9.61. The molecule has 0 fully saturated rings. The van der Waals surface area contributed by atoms with Gasteiger partial charge < -0.3 is 9.32 Å². The number of nitrogens with zero attached hydrogens (tertiary/aromatic N) is 4. The molecule has 1 aliphatic carbocycles. The highest BCUT2D eigenvalue weighted by Crippen LogP contribution is 2.49. The van der Waals surface area contributed by atoms with Crippen molar-refractivity contribution in [3.63, 3.8) is 0 Å². The number of hydrogen-bond donors (Lipinski definition) is 0. The number of fused-ring (bicyclic) bond motifs is 7. The van der Waals surface area contributed by atoms with Crippen LogP contribution in [0.2, 0.25) is 0 Å². The van der Waals surface area contributed by atoms with Crippen molar-refractivity contribution in [3.05, 3.63) is 163 Å². The molecular formula is C43H28N4O. The number of furan rings is 1. The normalized spacial score (nSPS) is 16.5. The van der Waals surface area contributed by atoms with E-state index in [1.54, 1.807) is 0 Å². The van der Waals surface area contributed by atoms with E-state index in [1.165, 1.54) is 22.0 Å². The molecule has 0 N–H and O–H groups in total. The van der Waals surface area contributed by atoms with Crippen LogP contribution in [0.3, 0.4) is 0 Å². The van der Waals surface area contributed by atoms with Crippen molar-refractivity contribution < 1.29 is 4.42 Å². The smallest absolute Gasteiger partial charge is 0.164 e. The van der Waals surface area contributed by atoms with Gasteiger partial charge in [0.05, 0.1) is 6.04 Å². The molecule has 0 radical (unpaired) electrons. The molecule has 3 heterocycles. The van der Waals surface area contributed by atoms with Crippen molar-refractivity contribution in [3.8, 4) is 34.2 Å². The third-order valence-corrected chi connectivity index (χ3v) is 9.61. The summed E-state index contributed by atoms with van der Waals surface area (Å²) >= 11 is 0. The fraction of sp³-hybridized carbons (Fsp3) is 0.0465. The van der Waals surface area contributed by atoms with Gasteiger partial charge in [-0.3, -0.25) is 0 Å². The minimum Gasteiger partial charge on any atom is -0.456 e. The monoisotopic (exact) mass is 616 g/mol.